The van der Waals surface area contributed by atoms with Gasteiger partial charge < -0.3 is 15.5 Å². The number of benzene rings is 2. The number of halogens is 1. The first-order valence-electron chi connectivity index (χ1n) is 8.24. The van der Waals surface area contributed by atoms with E-state index in [1.807, 2.05) is 51.1 Å². The van der Waals surface area contributed by atoms with Gasteiger partial charge in [0.2, 0.25) is 0 Å². The molecule has 2 aromatic carbocycles. The van der Waals surface area contributed by atoms with Crippen LogP contribution in [0.1, 0.15) is 37.5 Å². The molecular formula is C20H21ClN4O2. The van der Waals surface area contributed by atoms with Crippen molar-refractivity contribution < 1.29 is 9.63 Å². The summed E-state index contributed by atoms with van der Waals surface area (Å²) in [5.74, 6) is 0. The molecule has 0 saturated carbocycles. The lowest BCUT2D eigenvalue weighted by atomic mass is 9.92. The zero-order valence-corrected chi connectivity index (χ0v) is 16.4. The van der Waals surface area contributed by atoms with Crippen LogP contribution in [0, 0.1) is 11.3 Å². The predicted octanol–water partition coefficient (Wildman–Crippen LogP) is 4.64. The van der Waals surface area contributed by atoms with Crippen molar-refractivity contribution in [2.75, 3.05) is 12.4 Å². The number of hydrogen-bond donors (Lipinski definition) is 2. The Bertz CT molecular complexity index is 916. The summed E-state index contributed by atoms with van der Waals surface area (Å²) < 4.78 is 0. The van der Waals surface area contributed by atoms with E-state index in [0.717, 1.165) is 16.8 Å². The van der Waals surface area contributed by atoms with Gasteiger partial charge in [0.25, 0.3) is 0 Å². The normalized spacial score (nSPS) is 11.5. The van der Waals surface area contributed by atoms with Crippen molar-refractivity contribution in [3.63, 3.8) is 0 Å². The number of anilines is 1. The highest BCUT2D eigenvalue weighted by molar-refractivity contribution is 6.31. The Morgan fingerprint density at radius 1 is 1.26 bits per heavy atom. The quantitative estimate of drug-likeness (QED) is 0.581. The van der Waals surface area contributed by atoms with Gasteiger partial charge in [0.1, 0.15) is 13.2 Å². The fraction of sp³-hybridized carbons (Fsp3) is 0.250. The molecule has 2 N–H and O–H groups in total. The Balaban J connectivity index is 2.16. The Labute approximate surface area is 163 Å². The SMILES string of the molecule is CO/N=C(\C)c1cccc(C(C)(C)NC(=O)Nc2ccc(Cl)c(C#N)c2)c1. The summed E-state index contributed by atoms with van der Waals surface area (Å²) in [6.45, 7) is 5.65. The number of oxime groups is 1. The number of nitrogens with zero attached hydrogens (tertiary/aromatic N) is 2. The second-order valence-electron chi connectivity index (χ2n) is 6.45. The molecule has 6 nitrogen and oxygen atoms in total. The van der Waals surface area contributed by atoms with E-state index in [2.05, 4.69) is 15.8 Å². The lowest BCUT2D eigenvalue weighted by Crippen LogP contribution is -2.43. The third-order valence-electron chi connectivity index (χ3n) is 4.00. The molecule has 2 aromatic rings. The molecule has 0 aliphatic carbocycles. The molecule has 0 radical (unpaired) electrons. The van der Waals surface area contributed by atoms with Crippen molar-refractivity contribution in [2.45, 2.75) is 26.3 Å². The van der Waals surface area contributed by atoms with E-state index in [0.29, 0.717) is 16.3 Å². The lowest BCUT2D eigenvalue weighted by Gasteiger charge is -2.27. The first kappa shape index (κ1) is 20.3. The van der Waals surface area contributed by atoms with E-state index in [4.69, 9.17) is 21.7 Å². The van der Waals surface area contributed by atoms with Crippen molar-refractivity contribution >= 4 is 29.0 Å². The monoisotopic (exact) mass is 384 g/mol. The summed E-state index contributed by atoms with van der Waals surface area (Å²) in [5, 5.41) is 19.0. The van der Waals surface area contributed by atoms with Gasteiger partial charge in [-0.25, -0.2) is 4.79 Å². The average molecular weight is 385 g/mol. The minimum atomic E-state index is -0.641. The third-order valence-corrected chi connectivity index (χ3v) is 4.33. The minimum absolute atomic E-state index is 0.300. The van der Waals surface area contributed by atoms with Gasteiger partial charge in [0.15, 0.2) is 0 Å². The van der Waals surface area contributed by atoms with Gasteiger partial charge in [-0.1, -0.05) is 35.0 Å². The number of nitrogens with one attached hydrogen (secondary N) is 2. The van der Waals surface area contributed by atoms with E-state index in [-0.39, 0.29) is 6.03 Å². The predicted molar refractivity (Wildman–Crippen MR) is 107 cm³/mol. The van der Waals surface area contributed by atoms with E-state index in [1.165, 1.54) is 13.2 Å². The number of hydrogen-bond acceptors (Lipinski definition) is 4. The Morgan fingerprint density at radius 2 is 2.00 bits per heavy atom. The molecule has 27 heavy (non-hydrogen) atoms. The minimum Gasteiger partial charge on any atom is -0.399 e. The van der Waals surface area contributed by atoms with Crippen molar-refractivity contribution in [2.24, 2.45) is 5.16 Å². The van der Waals surface area contributed by atoms with Gasteiger partial charge in [0.05, 0.1) is 21.8 Å². The van der Waals surface area contributed by atoms with E-state index in [9.17, 15) is 4.79 Å². The van der Waals surface area contributed by atoms with Crippen LogP contribution < -0.4 is 10.6 Å². The highest BCUT2D eigenvalue weighted by Gasteiger charge is 2.23. The number of amides is 2. The number of urea groups is 1. The summed E-state index contributed by atoms with van der Waals surface area (Å²) in [4.78, 5) is 17.2. The van der Waals surface area contributed by atoms with Crippen LogP contribution in [0.2, 0.25) is 5.02 Å². The second kappa shape index (κ2) is 8.56. The maximum atomic E-state index is 12.4. The summed E-state index contributed by atoms with van der Waals surface area (Å²) in [7, 11) is 1.50. The largest absolute Gasteiger partial charge is 0.399 e. The Kier molecular flexibility index (Phi) is 6.43. The molecule has 0 aromatic heterocycles. The molecule has 140 valence electrons. The molecule has 0 atom stereocenters. The first-order valence-corrected chi connectivity index (χ1v) is 8.62. The Morgan fingerprint density at radius 3 is 2.67 bits per heavy atom. The van der Waals surface area contributed by atoms with E-state index >= 15 is 0 Å². The lowest BCUT2D eigenvalue weighted by molar-refractivity contribution is 0.213. The number of nitriles is 1. The van der Waals surface area contributed by atoms with Crippen LogP contribution in [0.3, 0.4) is 0 Å². The molecule has 7 heteroatoms. The summed E-state index contributed by atoms with van der Waals surface area (Å²) in [6, 6.07) is 14.0. The van der Waals surface area contributed by atoms with Crippen LogP contribution in [-0.4, -0.2) is 18.9 Å². The average Bonchev–Trinajstić information content (AvgIpc) is 2.63. The number of carbonyl (C=O) groups excluding carboxylic acids is 1. The maximum Gasteiger partial charge on any atom is 0.319 e. The molecule has 0 spiro atoms. The Hall–Kier alpha value is -3.04. The topological polar surface area (TPSA) is 86.5 Å². The van der Waals surface area contributed by atoms with Crippen LogP contribution in [0.15, 0.2) is 47.6 Å². The van der Waals surface area contributed by atoms with Crippen LogP contribution in [0.5, 0.6) is 0 Å². The number of carbonyl (C=O) groups is 1. The highest BCUT2D eigenvalue weighted by Crippen LogP contribution is 2.23. The molecule has 0 bridgehead atoms. The zero-order valence-electron chi connectivity index (χ0n) is 15.6. The molecular weight excluding hydrogens is 364 g/mol. The van der Waals surface area contributed by atoms with Gasteiger partial charge in [-0.3, -0.25) is 0 Å². The molecule has 0 fully saturated rings. The van der Waals surface area contributed by atoms with Gasteiger partial charge in [-0.15, -0.1) is 0 Å². The van der Waals surface area contributed by atoms with E-state index in [1.54, 1.807) is 12.1 Å². The van der Waals surface area contributed by atoms with Gasteiger partial charge in [-0.05, 0) is 56.2 Å². The molecule has 2 rings (SSSR count). The molecule has 0 aliphatic rings. The summed E-state index contributed by atoms with van der Waals surface area (Å²) in [6.07, 6.45) is 0. The zero-order chi connectivity index (χ0) is 20.0. The fourth-order valence-electron chi connectivity index (χ4n) is 2.53. The summed E-state index contributed by atoms with van der Waals surface area (Å²) >= 11 is 5.91. The van der Waals surface area contributed by atoms with Gasteiger partial charge in [0, 0.05) is 5.69 Å². The summed E-state index contributed by atoms with van der Waals surface area (Å²) in [5.41, 5.74) is 2.70. The highest BCUT2D eigenvalue weighted by atomic mass is 35.5. The van der Waals surface area contributed by atoms with Gasteiger partial charge in [-0.2, -0.15) is 5.26 Å². The van der Waals surface area contributed by atoms with Gasteiger partial charge >= 0.3 is 6.03 Å². The second-order valence-corrected chi connectivity index (χ2v) is 6.86. The molecule has 0 saturated heterocycles. The van der Waals surface area contributed by atoms with E-state index < -0.39 is 5.54 Å². The van der Waals surface area contributed by atoms with Crippen LogP contribution in [-0.2, 0) is 10.4 Å². The van der Waals surface area contributed by atoms with Crippen LogP contribution in [0.4, 0.5) is 10.5 Å². The standard InChI is InChI=1S/C20H21ClN4O2/c1-13(25-27-4)14-6-5-7-16(10-14)20(2,3)24-19(26)23-17-8-9-18(21)15(11-17)12-22/h5-11H,1-4H3,(H2,23,24,26)/b25-13+. The van der Waals surface area contributed by atoms with Crippen molar-refractivity contribution in [3.8, 4) is 6.07 Å². The van der Waals surface area contributed by atoms with Crippen molar-refractivity contribution in [3.05, 3.63) is 64.2 Å². The smallest absolute Gasteiger partial charge is 0.319 e. The number of rotatable bonds is 5. The molecule has 0 heterocycles. The fourth-order valence-corrected chi connectivity index (χ4v) is 2.69. The van der Waals surface area contributed by atoms with Crippen molar-refractivity contribution in [1.29, 1.82) is 5.26 Å². The van der Waals surface area contributed by atoms with Crippen molar-refractivity contribution in [1.82, 2.24) is 5.32 Å². The molecule has 0 unspecified atom stereocenters. The first-order chi connectivity index (χ1) is 12.8. The molecule has 2 amide bonds. The third kappa shape index (κ3) is 5.22. The van der Waals surface area contributed by atoms with Crippen LogP contribution in [0.25, 0.3) is 0 Å². The maximum absolute atomic E-state index is 12.4. The van der Waals surface area contributed by atoms with Crippen LogP contribution >= 0.6 is 11.6 Å². The molecule has 0 aliphatic heterocycles.